The molecule has 2 rings (SSSR count). The number of hydrogen-bond donors (Lipinski definition) is 2. The number of rotatable bonds is 5. The third kappa shape index (κ3) is 3.66. The second-order valence-corrected chi connectivity index (χ2v) is 6.17. The first-order valence-corrected chi connectivity index (χ1v) is 7.61. The van der Waals surface area contributed by atoms with Crippen LogP contribution in [-0.2, 0) is 17.0 Å². The summed E-state index contributed by atoms with van der Waals surface area (Å²) in [6.45, 7) is 5.40. The lowest BCUT2D eigenvalue weighted by Gasteiger charge is -2.24. The van der Waals surface area contributed by atoms with Gasteiger partial charge in [0.15, 0.2) is 5.60 Å². The molecule has 4 nitrogen and oxygen atoms in total. The maximum Gasteiger partial charge on any atom is 0.253 e. The number of nitrogens with two attached hydrogens (primary N) is 1. The van der Waals surface area contributed by atoms with E-state index in [0.29, 0.717) is 16.1 Å². The highest BCUT2D eigenvalue weighted by molar-refractivity contribution is 6.31. The molecule has 0 fully saturated rings. The number of carbonyl (C=O) groups excluding carboxylic acids is 1. The predicted molar refractivity (Wildman–Crippen MR) is 90.5 cm³/mol. The largest absolute Gasteiger partial charge is 0.489 e. The fourth-order valence-corrected chi connectivity index (χ4v) is 2.54. The van der Waals surface area contributed by atoms with Crippen molar-refractivity contribution in [3.63, 3.8) is 0 Å². The molecule has 122 valence electrons. The van der Waals surface area contributed by atoms with Crippen molar-refractivity contribution in [2.75, 3.05) is 0 Å². The lowest BCUT2D eigenvalue weighted by molar-refractivity contribution is -0.135. The quantitative estimate of drug-likeness (QED) is 0.882. The topological polar surface area (TPSA) is 72.6 Å². The molecule has 0 bridgehead atoms. The summed E-state index contributed by atoms with van der Waals surface area (Å²) in [6, 6.07) is 10.9. The number of aliphatic hydroxyl groups is 1. The summed E-state index contributed by atoms with van der Waals surface area (Å²) in [7, 11) is 0. The lowest BCUT2D eigenvalue weighted by Crippen LogP contribution is -2.39. The van der Waals surface area contributed by atoms with Crippen LogP contribution in [0.15, 0.2) is 36.4 Å². The molecule has 2 aromatic carbocycles. The fourth-order valence-electron chi connectivity index (χ4n) is 2.31. The minimum atomic E-state index is -1.81. The zero-order chi connectivity index (χ0) is 17.2. The molecule has 0 aliphatic rings. The van der Waals surface area contributed by atoms with E-state index in [1.165, 1.54) is 6.92 Å². The standard InChI is InChI=1S/C18H20ClNO3/c1-11-7-8-12(2)16(9-11)23-10-13-14(5-4-6-15(13)19)18(3,22)17(20)21/h4-9,22H,10H2,1-3H3,(H2,20,21). The fraction of sp³-hybridized carbons (Fsp3) is 0.278. The lowest BCUT2D eigenvalue weighted by atomic mass is 9.91. The van der Waals surface area contributed by atoms with E-state index in [4.69, 9.17) is 22.1 Å². The van der Waals surface area contributed by atoms with Crippen molar-refractivity contribution >= 4 is 17.5 Å². The number of amides is 1. The van der Waals surface area contributed by atoms with Gasteiger partial charge in [0.1, 0.15) is 12.4 Å². The summed E-state index contributed by atoms with van der Waals surface area (Å²) >= 11 is 6.23. The zero-order valence-electron chi connectivity index (χ0n) is 13.4. The first-order chi connectivity index (χ1) is 10.7. The predicted octanol–water partition coefficient (Wildman–Crippen LogP) is 3.23. The van der Waals surface area contributed by atoms with E-state index in [0.717, 1.165) is 16.9 Å². The van der Waals surface area contributed by atoms with Gasteiger partial charge in [0.2, 0.25) is 0 Å². The van der Waals surface area contributed by atoms with E-state index in [1.807, 2.05) is 32.0 Å². The van der Waals surface area contributed by atoms with Crippen LogP contribution in [-0.4, -0.2) is 11.0 Å². The van der Waals surface area contributed by atoms with Crippen molar-refractivity contribution in [1.29, 1.82) is 0 Å². The Bertz CT molecular complexity index is 741. The molecule has 3 N–H and O–H groups in total. The molecule has 0 aromatic heterocycles. The van der Waals surface area contributed by atoms with Gasteiger partial charge in [0.25, 0.3) is 5.91 Å². The summed E-state index contributed by atoms with van der Waals surface area (Å²) in [5.41, 5.74) is 6.45. The van der Waals surface area contributed by atoms with Gasteiger partial charge in [-0.3, -0.25) is 4.79 Å². The van der Waals surface area contributed by atoms with E-state index < -0.39 is 11.5 Å². The Morgan fingerprint density at radius 1 is 1.30 bits per heavy atom. The highest BCUT2D eigenvalue weighted by atomic mass is 35.5. The molecule has 2 aromatic rings. The van der Waals surface area contributed by atoms with Crippen molar-refractivity contribution < 1.29 is 14.6 Å². The van der Waals surface area contributed by atoms with Crippen molar-refractivity contribution in [1.82, 2.24) is 0 Å². The summed E-state index contributed by atoms with van der Waals surface area (Å²) in [5, 5.41) is 10.8. The molecule has 0 saturated carbocycles. The molecule has 0 spiro atoms. The first kappa shape index (κ1) is 17.3. The van der Waals surface area contributed by atoms with Crippen LogP contribution in [0.1, 0.15) is 29.2 Å². The van der Waals surface area contributed by atoms with Crippen LogP contribution < -0.4 is 10.5 Å². The highest BCUT2D eigenvalue weighted by Gasteiger charge is 2.33. The monoisotopic (exact) mass is 333 g/mol. The van der Waals surface area contributed by atoms with Gasteiger partial charge in [-0.05, 0) is 44.0 Å². The van der Waals surface area contributed by atoms with Gasteiger partial charge in [0, 0.05) is 16.1 Å². The number of aryl methyl sites for hydroxylation is 2. The smallest absolute Gasteiger partial charge is 0.253 e. The van der Waals surface area contributed by atoms with Crippen molar-refractivity contribution in [2.45, 2.75) is 33.0 Å². The Balaban J connectivity index is 2.37. The zero-order valence-corrected chi connectivity index (χ0v) is 14.1. The average molecular weight is 334 g/mol. The molecule has 1 amide bonds. The molecule has 0 saturated heterocycles. The molecule has 0 aliphatic heterocycles. The van der Waals surface area contributed by atoms with Gasteiger partial charge in [-0.1, -0.05) is 35.9 Å². The Kier molecular flexibility index (Phi) is 4.97. The molecule has 5 heteroatoms. The number of benzene rings is 2. The first-order valence-electron chi connectivity index (χ1n) is 7.23. The van der Waals surface area contributed by atoms with Gasteiger partial charge in [-0.15, -0.1) is 0 Å². The Hall–Kier alpha value is -2.04. The molecule has 0 aliphatic carbocycles. The van der Waals surface area contributed by atoms with Crippen molar-refractivity contribution in [3.05, 3.63) is 63.7 Å². The van der Waals surface area contributed by atoms with Crippen molar-refractivity contribution in [2.24, 2.45) is 5.73 Å². The SMILES string of the molecule is Cc1ccc(C)c(OCc2c(Cl)cccc2C(C)(O)C(N)=O)c1. The molecule has 0 heterocycles. The van der Waals surface area contributed by atoms with Crippen LogP contribution in [0.3, 0.4) is 0 Å². The van der Waals surface area contributed by atoms with Gasteiger partial charge < -0.3 is 15.6 Å². The van der Waals surface area contributed by atoms with Crippen molar-refractivity contribution in [3.8, 4) is 5.75 Å². The Labute approximate surface area is 140 Å². The summed E-state index contributed by atoms with van der Waals surface area (Å²) in [5.74, 6) is -0.109. The average Bonchev–Trinajstić information content (AvgIpc) is 2.48. The van der Waals surface area contributed by atoms with E-state index in [1.54, 1.807) is 18.2 Å². The third-order valence-corrected chi connectivity index (χ3v) is 4.19. The third-order valence-electron chi connectivity index (χ3n) is 3.84. The number of ether oxygens (including phenoxy) is 1. The molecular weight excluding hydrogens is 314 g/mol. The van der Waals surface area contributed by atoms with E-state index in [2.05, 4.69) is 0 Å². The van der Waals surface area contributed by atoms with Crippen LogP contribution in [0, 0.1) is 13.8 Å². The van der Waals surface area contributed by atoms with Crippen LogP contribution >= 0.6 is 11.6 Å². The highest BCUT2D eigenvalue weighted by Crippen LogP contribution is 2.31. The number of halogens is 1. The second-order valence-electron chi connectivity index (χ2n) is 5.76. The minimum absolute atomic E-state index is 0.128. The number of primary amides is 1. The summed E-state index contributed by atoms with van der Waals surface area (Å²) in [6.07, 6.45) is 0. The summed E-state index contributed by atoms with van der Waals surface area (Å²) < 4.78 is 5.85. The van der Waals surface area contributed by atoms with Gasteiger partial charge in [-0.25, -0.2) is 0 Å². The molecule has 1 unspecified atom stereocenters. The Morgan fingerprint density at radius 2 is 2.00 bits per heavy atom. The second kappa shape index (κ2) is 6.60. The number of hydrogen-bond acceptors (Lipinski definition) is 3. The summed E-state index contributed by atoms with van der Waals surface area (Å²) in [4.78, 5) is 11.5. The van der Waals surface area contributed by atoms with E-state index >= 15 is 0 Å². The van der Waals surface area contributed by atoms with Gasteiger partial charge in [-0.2, -0.15) is 0 Å². The maximum absolute atomic E-state index is 11.5. The molecule has 0 radical (unpaired) electrons. The van der Waals surface area contributed by atoms with E-state index in [-0.39, 0.29) is 6.61 Å². The molecule has 1 atom stereocenters. The minimum Gasteiger partial charge on any atom is -0.489 e. The molecular formula is C18H20ClNO3. The number of carbonyl (C=O) groups is 1. The maximum atomic E-state index is 11.5. The Morgan fingerprint density at radius 3 is 2.65 bits per heavy atom. The van der Waals surface area contributed by atoms with E-state index in [9.17, 15) is 9.90 Å². The molecule has 23 heavy (non-hydrogen) atoms. The van der Waals surface area contributed by atoms with Crippen LogP contribution in [0.5, 0.6) is 5.75 Å². The normalized spacial score (nSPS) is 13.4. The van der Waals surface area contributed by atoms with Crippen LogP contribution in [0.4, 0.5) is 0 Å². The van der Waals surface area contributed by atoms with Gasteiger partial charge >= 0.3 is 0 Å². The van der Waals surface area contributed by atoms with Crippen LogP contribution in [0.25, 0.3) is 0 Å². The van der Waals surface area contributed by atoms with Crippen LogP contribution in [0.2, 0.25) is 5.02 Å². The van der Waals surface area contributed by atoms with Gasteiger partial charge in [0.05, 0.1) is 0 Å².